The molecule has 20 heavy (non-hydrogen) atoms. The van der Waals surface area contributed by atoms with Crippen LogP contribution in [0.2, 0.25) is 0 Å². The topological polar surface area (TPSA) is 12.0 Å². The minimum absolute atomic E-state index is 0.185. The fourth-order valence-electron chi connectivity index (χ4n) is 2.55. The zero-order valence-electron chi connectivity index (χ0n) is 12.0. The minimum Gasteiger partial charge on any atom is -0.313 e. The van der Waals surface area contributed by atoms with E-state index in [0.29, 0.717) is 0 Å². The number of likely N-dealkylation sites (N-methyl/N-ethyl adjacent to an activating group) is 1. The van der Waals surface area contributed by atoms with Crippen molar-refractivity contribution in [3.63, 3.8) is 0 Å². The maximum absolute atomic E-state index is 13.5. The molecular formula is C17H19BrFN. The zero-order valence-corrected chi connectivity index (χ0v) is 13.6. The largest absolute Gasteiger partial charge is 0.313 e. The highest BCUT2D eigenvalue weighted by Crippen LogP contribution is 2.24. The van der Waals surface area contributed by atoms with Gasteiger partial charge in [0.25, 0.3) is 0 Å². The molecule has 2 aromatic carbocycles. The summed E-state index contributed by atoms with van der Waals surface area (Å²) in [6.45, 7) is 4.21. The van der Waals surface area contributed by atoms with Crippen LogP contribution in [0.3, 0.4) is 0 Å². The standard InChI is InChI=1S/C17H19BrFN/c1-11-4-5-16(12(2)6-11)17(20-3)9-13-7-14(18)10-15(19)8-13/h4-8,10,17,20H,9H2,1-3H3. The summed E-state index contributed by atoms with van der Waals surface area (Å²) < 4.78 is 14.2. The molecule has 2 aromatic rings. The van der Waals surface area contributed by atoms with E-state index in [0.717, 1.165) is 16.5 Å². The molecule has 1 nitrogen and oxygen atoms in total. The van der Waals surface area contributed by atoms with Gasteiger partial charge in [0.05, 0.1) is 0 Å². The van der Waals surface area contributed by atoms with Crippen LogP contribution in [-0.2, 0) is 6.42 Å². The lowest BCUT2D eigenvalue weighted by atomic mass is 9.94. The maximum atomic E-state index is 13.5. The third-order valence-corrected chi connectivity index (χ3v) is 3.97. The Labute approximate surface area is 128 Å². The molecule has 1 atom stereocenters. The SMILES string of the molecule is CNC(Cc1cc(F)cc(Br)c1)c1ccc(C)cc1C. The second-order valence-corrected chi connectivity index (χ2v) is 6.10. The lowest BCUT2D eigenvalue weighted by molar-refractivity contribution is 0.581. The molecule has 0 saturated carbocycles. The van der Waals surface area contributed by atoms with Crippen LogP contribution in [-0.4, -0.2) is 7.05 Å². The van der Waals surface area contributed by atoms with Crippen molar-refractivity contribution in [2.45, 2.75) is 26.3 Å². The molecule has 1 N–H and O–H groups in total. The Balaban J connectivity index is 2.28. The number of rotatable bonds is 4. The molecule has 2 rings (SSSR count). The van der Waals surface area contributed by atoms with Crippen LogP contribution in [0.5, 0.6) is 0 Å². The first-order valence-electron chi connectivity index (χ1n) is 6.69. The van der Waals surface area contributed by atoms with E-state index in [9.17, 15) is 4.39 Å². The summed E-state index contributed by atoms with van der Waals surface area (Å²) in [7, 11) is 1.94. The fraction of sp³-hybridized carbons (Fsp3) is 0.294. The van der Waals surface area contributed by atoms with Gasteiger partial charge < -0.3 is 5.32 Å². The average molecular weight is 336 g/mol. The highest BCUT2D eigenvalue weighted by atomic mass is 79.9. The van der Waals surface area contributed by atoms with E-state index in [2.05, 4.69) is 53.3 Å². The molecule has 0 aliphatic heterocycles. The van der Waals surface area contributed by atoms with Gasteiger partial charge in [-0.15, -0.1) is 0 Å². The normalized spacial score (nSPS) is 12.4. The number of aryl methyl sites for hydroxylation is 2. The molecule has 0 aromatic heterocycles. The monoisotopic (exact) mass is 335 g/mol. The first-order chi connectivity index (χ1) is 9.49. The van der Waals surface area contributed by atoms with Gasteiger partial charge in [-0.05, 0) is 62.2 Å². The van der Waals surface area contributed by atoms with Gasteiger partial charge in [0.1, 0.15) is 5.82 Å². The Kier molecular flexibility index (Phi) is 4.95. The lowest BCUT2D eigenvalue weighted by Crippen LogP contribution is -2.20. The van der Waals surface area contributed by atoms with E-state index in [4.69, 9.17) is 0 Å². The van der Waals surface area contributed by atoms with Gasteiger partial charge in [0.15, 0.2) is 0 Å². The Morgan fingerprint density at radius 3 is 2.50 bits per heavy atom. The smallest absolute Gasteiger partial charge is 0.124 e. The van der Waals surface area contributed by atoms with Gasteiger partial charge in [-0.25, -0.2) is 4.39 Å². The number of nitrogens with one attached hydrogen (secondary N) is 1. The van der Waals surface area contributed by atoms with Crippen LogP contribution < -0.4 is 5.32 Å². The maximum Gasteiger partial charge on any atom is 0.124 e. The highest BCUT2D eigenvalue weighted by Gasteiger charge is 2.13. The molecule has 0 fully saturated rings. The Bertz CT molecular complexity index is 590. The van der Waals surface area contributed by atoms with E-state index >= 15 is 0 Å². The third kappa shape index (κ3) is 3.68. The summed E-state index contributed by atoms with van der Waals surface area (Å²) >= 11 is 3.34. The van der Waals surface area contributed by atoms with E-state index in [1.54, 1.807) is 6.07 Å². The van der Waals surface area contributed by atoms with Crippen LogP contribution in [0.25, 0.3) is 0 Å². The molecule has 0 saturated heterocycles. The van der Waals surface area contributed by atoms with Crippen LogP contribution in [0.15, 0.2) is 40.9 Å². The number of halogens is 2. The minimum atomic E-state index is -0.204. The van der Waals surface area contributed by atoms with Gasteiger partial charge in [-0.3, -0.25) is 0 Å². The van der Waals surface area contributed by atoms with Crippen LogP contribution >= 0.6 is 15.9 Å². The Morgan fingerprint density at radius 1 is 1.15 bits per heavy atom. The van der Waals surface area contributed by atoms with Gasteiger partial charge in [-0.2, -0.15) is 0 Å². The molecule has 0 aliphatic rings. The Morgan fingerprint density at radius 2 is 1.90 bits per heavy atom. The van der Waals surface area contributed by atoms with Crippen LogP contribution in [0.4, 0.5) is 4.39 Å². The third-order valence-electron chi connectivity index (χ3n) is 3.51. The van der Waals surface area contributed by atoms with E-state index < -0.39 is 0 Å². The van der Waals surface area contributed by atoms with Crippen molar-refractivity contribution in [3.8, 4) is 0 Å². The predicted molar refractivity (Wildman–Crippen MR) is 85.5 cm³/mol. The van der Waals surface area contributed by atoms with Crippen molar-refractivity contribution in [1.82, 2.24) is 5.32 Å². The molecule has 0 spiro atoms. The Hall–Kier alpha value is -1.19. The average Bonchev–Trinajstić information content (AvgIpc) is 2.35. The first-order valence-corrected chi connectivity index (χ1v) is 7.48. The van der Waals surface area contributed by atoms with Crippen molar-refractivity contribution < 1.29 is 4.39 Å². The number of benzene rings is 2. The molecule has 0 bridgehead atoms. The van der Waals surface area contributed by atoms with Gasteiger partial charge in [-0.1, -0.05) is 39.7 Å². The number of hydrogen-bond acceptors (Lipinski definition) is 1. The lowest BCUT2D eigenvalue weighted by Gasteiger charge is -2.19. The van der Waals surface area contributed by atoms with Crippen molar-refractivity contribution >= 4 is 15.9 Å². The van der Waals surface area contributed by atoms with Crippen molar-refractivity contribution in [2.75, 3.05) is 7.05 Å². The summed E-state index contributed by atoms with van der Waals surface area (Å²) in [5.74, 6) is -0.204. The summed E-state index contributed by atoms with van der Waals surface area (Å²) in [6, 6.07) is 11.7. The summed E-state index contributed by atoms with van der Waals surface area (Å²) in [5.41, 5.74) is 4.77. The van der Waals surface area contributed by atoms with Gasteiger partial charge in [0.2, 0.25) is 0 Å². The summed E-state index contributed by atoms with van der Waals surface area (Å²) in [6.07, 6.45) is 0.761. The molecule has 0 aliphatic carbocycles. The molecule has 1 unspecified atom stereocenters. The van der Waals surface area contributed by atoms with Crippen molar-refractivity contribution in [3.05, 3.63) is 68.9 Å². The van der Waals surface area contributed by atoms with Crippen molar-refractivity contribution in [1.29, 1.82) is 0 Å². The summed E-state index contributed by atoms with van der Waals surface area (Å²) in [4.78, 5) is 0. The molecule has 106 valence electrons. The van der Waals surface area contributed by atoms with Gasteiger partial charge >= 0.3 is 0 Å². The first kappa shape index (κ1) is 15.2. The predicted octanol–water partition coefficient (Wildman–Crippen LogP) is 4.71. The second-order valence-electron chi connectivity index (χ2n) is 5.18. The zero-order chi connectivity index (χ0) is 14.7. The highest BCUT2D eigenvalue weighted by molar-refractivity contribution is 9.10. The fourth-order valence-corrected chi connectivity index (χ4v) is 3.06. The molecule has 0 radical (unpaired) electrons. The quantitative estimate of drug-likeness (QED) is 0.853. The molecule has 3 heteroatoms. The van der Waals surface area contributed by atoms with Crippen LogP contribution in [0.1, 0.15) is 28.3 Å². The van der Waals surface area contributed by atoms with Crippen molar-refractivity contribution in [2.24, 2.45) is 0 Å². The second kappa shape index (κ2) is 6.51. The van der Waals surface area contributed by atoms with E-state index in [1.165, 1.54) is 22.8 Å². The van der Waals surface area contributed by atoms with E-state index in [1.807, 2.05) is 13.1 Å². The van der Waals surface area contributed by atoms with Crippen LogP contribution in [0, 0.1) is 19.7 Å². The molecule has 0 amide bonds. The van der Waals surface area contributed by atoms with E-state index in [-0.39, 0.29) is 11.9 Å². The molecule has 0 heterocycles. The van der Waals surface area contributed by atoms with Gasteiger partial charge in [0, 0.05) is 10.5 Å². The molecular weight excluding hydrogens is 317 g/mol. The number of hydrogen-bond donors (Lipinski definition) is 1. The summed E-state index contributed by atoms with van der Waals surface area (Å²) in [5, 5.41) is 3.33.